The number of halogens is 2. The van der Waals surface area contributed by atoms with Crippen molar-refractivity contribution in [1.82, 2.24) is 15.2 Å². The Labute approximate surface area is 149 Å². The highest BCUT2D eigenvalue weighted by molar-refractivity contribution is 6.32. The number of hydrazine groups is 1. The Bertz CT molecular complexity index is 903. The number of benzene rings is 2. The minimum absolute atomic E-state index is 0.238. The fourth-order valence-corrected chi connectivity index (χ4v) is 2.87. The molecular weight excluding hydrogens is 347 g/mol. The smallest absolute Gasteiger partial charge is 0.285 e. The lowest BCUT2D eigenvalue weighted by Gasteiger charge is -2.10. The minimum Gasteiger partial charge on any atom is -0.289 e. The van der Waals surface area contributed by atoms with Crippen LogP contribution in [0.15, 0.2) is 48.5 Å². The van der Waals surface area contributed by atoms with Crippen LogP contribution in [0.3, 0.4) is 0 Å². The molecule has 1 aromatic heterocycles. The molecule has 0 saturated carbocycles. The van der Waals surface area contributed by atoms with Crippen LogP contribution in [-0.4, -0.2) is 15.7 Å². The van der Waals surface area contributed by atoms with Gasteiger partial charge in [-0.1, -0.05) is 47.5 Å². The minimum atomic E-state index is -0.464. The third-order valence-electron chi connectivity index (χ3n) is 3.67. The molecule has 0 aliphatic rings. The Hall–Kier alpha value is -2.34. The van der Waals surface area contributed by atoms with Crippen LogP contribution < -0.4 is 11.3 Å². The second-order valence-electron chi connectivity index (χ2n) is 5.17. The lowest BCUT2D eigenvalue weighted by Crippen LogP contribution is -2.30. The average Bonchev–Trinajstić information content (AvgIpc) is 2.92. The maximum absolute atomic E-state index is 12.0. The van der Waals surface area contributed by atoms with E-state index in [1.807, 2.05) is 37.3 Å². The summed E-state index contributed by atoms with van der Waals surface area (Å²) >= 11 is 12.3. The number of nitrogen functional groups attached to an aromatic ring is 1. The standard InChI is InChI=1S/C17H14Cl2N4O/c1-10-15(17(24)21-20)22-23(14-5-3-2-4-13(14)19)16(10)11-6-8-12(18)9-7-11/h2-9H,20H2,1H3,(H,21,24). The van der Waals surface area contributed by atoms with E-state index in [-0.39, 0.29) is 5.69 Å². The Balaban J connectivity index is 2.29. The van der Waals surface area contributed by atoms with Gasteiger partial charge in [0.2, 0.25) is 0 Å². The van der Waals surface area contributed by atoms with Crippen molar-refractivity contribution < 1.29 is 4.79 Å². The van der Waals surface area contributed by atoms with Crippen molar-refractivity contribution in [2.24, 2.45) is 5.84 Å². The summed E-state index contributed by atoms with van der Waals surface area (Å²) in [5, 5.41) is 5.57. The molecular formula is C17H14Cl2N4O. The SMILES string of the molecule is Cc1c(C(=O)NN)nn(-c2ccccc2Cl)c1-c1ccc(Cl)cc1. The zero-order valence-corrected chi connectivity index (χ0v) is 14.3. The molecule has 3 aromatic rings. The van der Waals surface area contributed by atoms with E-state index >= 15 is 0 Å². The molecule has 0 spiro atoms. The molecule has 0 aliphatic carbocycles. The molecule has 0 aliphatic heterocycles. The predicted octanol–water partition coefficient (Wildman–Crippen LogP) is 3.76. The van der Waals surface area contributed by atoms with Gasteiger partial charge in [-0.25, -0.2) is 10.5 Å². The van der Waals surface area contributed by atoms with E-state index in [1.165, 1.54) is 0 Å². The number of rotatable bonds is 3. The Morgan fingerprint density at radius 2 is 1.79 bits per heavy atom. The number of carbonyl (C=O) groups excluding carboxylic acids is 1. The van der Waals surface area contributed by atoms with Crippen molar-refractivity contribution in [2.45, 2.75) is 6.92 Å². The van der Waals surface area contributed by atoms with Crippen molar-refractivity contribution in [3.63, 3.8) is 0 Å². The molecule has 3 N–H and O–H groups in total. The van der Waals surface area contributed by atoms with Gasteiger partial charge in [0.05, 0.1) is 16.4 Å². The number of aromatic nitrogens is 2. The van der Waals surface area contributed by atoms with Gasteiger partial charge >= 0.3 is 0 Å². The first-order chi connectivity index (χ1) is 11.5. The molecule has 0 unspecified atom stereocenters. The van der Waals surface area contributed by atoms with Gasteiger partial charge in [0.25, 0.3) is 5.91 Å². The Morgan fingerprint density at radius 3 is 2.42 bits per heavy atom. The highest BCUT2D eigenvalue weighted by Gasteiger charge is 2.22. The van der Waals surface area contributed by atoms with Crippen LogP contribution in [0.4, 0.5) is 0 Å². The number of carbonyl (C=O) groups is 1. The summed E-state index contributed by atoms with van der Waals surface area (Å²) in [4.78, 5) is 12.0. The van der Waals surface area contributed by atoms with Crippen molar-refractivity contribution in [2.75, 3.05) is 0 Å². The average molecular weight is 361 g/mol. The van der Waals surface area contributed by atoms with Crippen LogP contribution in [0.2, 0.25) is 10.0 Å². The lowest BCUT2D eigenvalue weighted by atomic mass is 10.1. The summed E-state index contributed by atoms with van der Waals surface area (Å²) in [6.45, 7) is 1.81. The molecule has 0 bridgehead atoms. The third-order valence-corrected chi connectivity index (χ3v) is 4.24. The lowest BCUT2D eigenvalue weighted by molar-refractivity contribution is 0.0947. The molecule has 24 heavy (non-hydrogen) atoms. The molecule has 1 heterocycles. The van der Waals surface area contributed by atoms with E-state index in [0.29, 0.717) is 21.3 Å². The zero-order valence-electron chi connectivity index (χ0n) is 12.8. The quantitative estimate of drug-likeness (QED) is 0.424. The van der Waals surface area contributed by atoms with Gasteiger partial charge in [0.1, 0.15) is 0 Å². The molecule has 0 fully saturated rings. The monoisotopic (exact) mass is 360 g/mol. The van der Waals surface area contributed by atoms with Gasteiger partial charge in [0, 0.05) is 16.1 Å². The number of nitrogens with one attached hydrogen (secondary N) is 1. The van der Waals surface area contributed by atoms with Crippen LogP contribution in [0, 0.1) is 6.92 Å². The number of para-hydroxylation sites is 1. The van der Waals surface area contributed by atoms with Gasteiger partial charge in [-0.2, -0.15) is 5.10 Å². The van der Waals surface area contributed by atoms with E-state index in [9.17, 15) is 4.79 Å². The molecule has 1 amide bonds. The first-order valence-corrected chi connectivity index (χ1v) is 7.90. The summed E-state index contributed by atoms with van der Waals surface area (Å²) in [7, 11) is 0. The molecule has 3 rings (SSSR count). The fourth-order valence-electron chi connectivity index (χ4n) is 2.52. The molecule has 0 atom stereocenters. The largest absolute Gasteiger partial charge is 0.289 e. The Kier molecular flexibility index (Phi) is 4.57. The second kappa shape index (κ2) is 6.65. The van der Waals surface area contributed by atoms with Crippen LogP contribution in [0.1, 0.15) is 16.1 Å². The third kappa shape index (κ3) is 2.89. The predicted molar refractivity (Wildman–Crippen MR) is 95.4 cm³/mol. The summed E-state index contributed by atoms with van der Waals surface area (Å²) in [5.41, 5.74) is 5.33. The molecule has 122 valence electrons. The van der Waals surface area contributed by atoms with Crippen LogP contribution in [0.5, 0.6) is 0 Å². The normalized spacial score (nSPS) is 10.7. The van der Waals surface area contributed by atoms with Crippen molar-refractivity contribution in [1.29, 1.82) is 0 Å². The molecule has 2 aromatic carbocycles. The van der Waals surface area contributed by atoms with E-state index in [4.69, 9.17) is 29.0 Å². The fraction of sp³-hybridized carbons (Fsp3) is 0.0588. The summed E-state index contributed by atoms with van der Waals surface area (Å²) in [6.07, 6.45) is 0. The summed E-state index contributed by atoms with van der Waals surface area (Å²) in [6, 6.07) is 14.6. The van der Waals surface area contributed by atoms with E-state index in [0.717, 1.165) is 11.3 Å². The maximum Gasteiger partial charge on any atom is 0.285 e. The summed E-state index contributed by atoms with van der Waals surface area (Å²) < 4.78 is 1.64. The van der Waals surface area contributed by atoms with Gasteiger partial charge in [0.15, 0.2) is 5.69 Å². The number of amides is 1. The van der Waals surface area contributed by atoms with Crippen LogP contribution in [0.25, 0.3) is 16.9 Å². The van der Waals surface area contributed by atoms with E-state index in [1.54, 1.807) is 22.9 Å². The highest BCUT2D eigenvalue weighted by Crippen LogP contribution is 2.31. The first-order valence-electron chi connectivity index (χ1n) is 7.14. The first kappa shape index (κ1) is 16.5. The van der Waals surface area contributed by atoms with Gasteiger partial charge in [-0.15, -0.1) is 0 Å². The zero-order chi connectivity index (χ0) is 17.3. The molecule has 0 saturated heterocycles. The van der Waals surface area contributed by atoms with E-state index in [2.05, 4.69) is 10.5 Å². The summed E-state index contributed by atoms with van der Waals surface area (Å²) in [5.74, 6) is 4.80. The topological polar surface area (TPSA) is 72.9 Å². The van der Waals surface area contributed by atoms with Gasteiger partial charge < -0.3 is 0 Å². The van der Waals surface area contributed by atoms with E-state index < -0.39 is 5.91 Å². The van der Waals surface area contributed by atoms with Gasteiger partial charge in [-0.05, 0) is 31.2 Å². The van der Waals surface area contributed by atoms with Crippen LogP contribution >= 0.6 is 23.2 Å². The van der Waals surface area contributed by atoms with Crippen LogP contribution in [-0.2, 0) is 0 Å². The molecule has 7 heteroatoms. The molecule has 0 radical (unpaired) electrons. The second-order valence-corrected chi connectivity index (χ2v) is 6.01. The number of nitrogens with zero attached hydrogens (tertiary/aromatic N) is 2. The number of hydrogen-bond acceptors (Lipinski definition) is 3. The van der Waals surface area contributed by atoms with Gasteiger partial charge in [-0.3, -0.25) is 10.2 Å². The van der Waals surface area contributed by atoms with Crippen molar-refractivity contribution in [3.8, 4) is 16.9 Å². The molecule has 5 nitrogen and oxygen atoms in total. The maximum atomic E-state index is 12.0. The number of hydrogen-bond donors (Lipinski definition) is 2. The highest BCUT2D eigenvalue weighted by atomic mass is 35.5. The van der Waals surface area contributed by atoms with Crippen molar-refractivity contribution in [3.05, 3.63) is 69.8 Å². The Morgan fingerprint density at radius 1 is 1.12 bits per heavy atom. The number of nitrogens with two attached hydrogens (primary N) is 1. The van der Waals surface area contributed by atoms with Crippen molar-refractivity contribution >= 4 is 29.1 Å².